The van der Waals surface area contributed by atoms with Crippen LogP contribution in [-0.2, 0) is 6.54 Å². The van der Waals surface area contributed by atoms with Gasteiger partial charge in [-0.2, -0.15) is 0 Å². The first-order valence-electron chi connectivity index (χ1n) is 17.4. The van der Waals surface area contributed by atoms with E-state index in [1.54, 1.807) is 0 Å². The van der Waals surface area contributed by atoms with Gasteiger partial charge in [0.2, 0.25) is 0 Å². The molecule has 0 spiro atoms. The second-order valence-corrected chi connectivity index (χ2v) is 13.8. The van der Waals surface area contributed by atoms with E-state index in [-0.39, 0.29) is 11.8 Å². The van der Waals surface area contributed by atoms with Crippen molar-refractivity contribution in [2.75, 3.05) is 18.4 Å². The zero-order valence-electron chi connectivity index (χ0n) is 27.0. The molecule has 0 unspecified atom stereocenters. The van der Waals surface area contributed by atoms with Gasteiger partial charge in [0, 0.05) is 47.3 Å². The van der Waals surface area contributed by atoms with Gasteiger partial charge in [0.25, 0.3) is 11.8 Å². The average molecular weight is 627 g/mol. The van der Waals surface area contributed by atoms with E-state index in [1.807, 2.05) is 91.0 Å². The molecule has 4 aromatic carbocycles. The molecule has 47 heavy (non-hydrogen) atoms. The second-order valence-electron chi connectivity index (χ2n) is 13.8. The maximum atomic E-state index is 12.4. The van der Waals surface area contributed by atoms with Crippen molar-refractivity contribution in [2.45, 2.75) is 69.0 Å². The Morgan fingerprint density at radius 2 is 1.09 bits per heavy atom. The number of carbonyl (C=O) groups is 2. The molecule has 4 saturated carbocycles. The fourth-order valence-electron chi connectivity index (χ4n) is 6.28. The number of hydrogen-bond donors (Lipinski definition) is 4. The van der Waals surface area contributed by atoms with Crippen molar-refractivity contribution in [1.82, 2.24) is 16.0 Å². The molecule has 4 atom stereocenters. The highest BCUT2D eigenvalue weighted by molar-refractivity contribution is 6.04. The zero-order valence-corrected chi connectivity index (χ0v) is 27.0. The van der Waals surface area contributed by atoms with E-state index in [4.69, 9.17) is 0 Å². The van der Waals surface area contributed by atoms with Crippen LogP contribution in [0.3, 0.4) is 0 Å². The van der Waals surface area contributed by atoms with Gasteiger partial charge in [-0.1, -0.05) is 72.8 Å². The summed E-state index contributed by atoms with van der Waals surface area (Å²) in [4.78, 5) is 24.8. The number of rotatable bonds is 13. The third-order valence-electron chi connectivity index (χ3n) is 9.79. The van der Waals surface area contributed by atoms with Crippen LogP contribution >= 0.6 is 0 Å². The van der Waals surface area contributed by atoms with E-state index in [0.717, 1.165) is 40.8 Å². The van der Waals surface area contributed by atoms with Gasteiger partial charge in [-0.25, -0.2) is 0 Å². The Hall–Kier alpha value is -4.26. The van der Waals surface area contributed by atoms with Crippen molar-refractivity contribution in [1.29, 1.82) is 0 Å². The molecule has 0 radical (unpaired) electrons. The number of benzene rings is 4. The summed E-state index contributed by atoms with van der Waals surface area (Å²) in [5.74, 6) is 2.94. The first-order valence-corrected chi connectivity index (χ1v) is 17.4. The lowest BCUT2D eigenvalue weighted by molar-refractivity contribution is 0.0950. The SMILES string of the molecule is O=C(NCc1ccccc1)c1cccc([C@@H]2C[C@H]2NCC2CC2)c1.O=C(Nc1ccccc1)c1cccc([C@@H]2C[C@H]2NCC2CC2)c1. The maximum absolute atomic E-state index is 12.4. The van der Waals surface area contributed by atoms with Gasteiger partial charge in [-0.05, 0) is 117 Å². The summed E-state index contributed by atoms with van der Waals surface area (Å²) in [5, 5.41) is 13.3. The molecule has 4 aliphatic carbocycles. The smallest absolute Gasteiger partial charge is 0.255 e. The van der Waals surface area contributed by atoms with Crippen LogP contribution in [0.4, 0.5) is 5.69 Å². The summed E-state index contributed by atoms with van der Waals surface area (Å²) < 4.78 is 0. The molecular weight excluding hydrogens is 580 g/mol. The van der Waals surface area contributed by atoms with Gasteiger partial charge >= 0.3 is 0 Å². The fraction of sp³-hybridized carbons (Fsp3) is 0.366. The molecule has 0 saturated heterocycles. The van der Waals surface area contributed by atoms with Crippen molar-refractivity contribution in [3.63, 3.8) is 0 Å². The summed E-state index contributed by atoms with van der Waals surface area (Å²) in [6.45, 7) is 2.90. The van der Waals surface area contributed by atoms with Crippen LogP contribution in [0.5, 0.6) is 0 Å². The molecule has 6 nitrogen and oxygen atoms in total. The average Bonchev–Trinajstić information content (AvgIpc) is 3.92. The van der Waals surface area contributed by atoms with Gasteiger partial charge in [0.05, 0.1) is 0 Å². The first-order chi connectivity index (χ1) is 23.1. The number of hydrogen-bond acceptors (Lipinski definition) is 4. The van der Waals surface area contributed by atoms with Crippen LogP contribution in [0, 0.1) is 11.8 Å². The van der Waals surface area contributed by atoms with Crippen LogP contribution in [0.15, 0.2) is 109 Å². The van der Waals surface area contributed by atoms with Gasteiger partial charge in [0.15, 0.2) is 0 Å². The summed E-state index contributed by atoms with van der Waals surface area (Å²) in [5.41, 5.74) is 6.01. The largest absolute Gasteiger partial charge is 0.348 e. The Bertz CT molecular complexity index is 1650. The maximum Gasteiger partial charge on any atom is 0.255 e. The predicted molar refractivity (Wildman–Crippen MR) is 189 cm³/mol. The van der Waals surface area contributed by atoms with Crippen LogP contribution in [-0.4, -0.2) is 37.0 Å². The van der Waals surface area contributed by atoms with Crippen molar-refractivity contribution in [2.24, 2.45) is 11.8 Å². The van der Waals surface area contributed by atoms with E-state index in [2.05, 4.69) is 39.5 Å². The molecule has 4 aromatic rings. The van der Waals surface area contributed by atoms with E-state index in [1.165, 1.54) is 56.2 Å². The van der Waals surface area contributed by atoms with Gasteiger partial charge < -0.3 is 21.3 Å². The quantitative estimate of drug-likeness (QED) is 0.126. The lowest BCUT2D eigenvalue weighted by Gasteiger charge is -2.08. The highest BCUT2D eigenvalue weighted by Crippen LogP contribution is 2.43. The third-order valence-corrected chi connectivity index (χ3v) is 9.79. The Balaban J connectivity index is 0.000000150. The number of para-hydroxylation sites is 1. The standard InChI is InChI=1S/C21H24N2O.C20H22N2O/c24-21(23-14-15-5-2-1-3-6-15)18-8-4-7-17(11-18)19-12-20(19)22-13-16-9-10-16;23-20(22-17-7-2-1-3-8-17)16-6-4-5-15(11-16)18-12-19(18)21-13-14-9-10-14/h1-8,11,16,19-20,22H,9-10,12-14H2,(H,23,24);1-8,11,14,18-19,21H,9-10,12-13H2,(H,22,23)/t19-,20+;18-,19+/m00/s1. The van der Waals surface area contributed by atoms with Gasteiger partial charge in [-0.15, -0.1) is 0 Å². The van der Waals surface area contributed by atoms with Crippen molar-refractivity contribution in [3.8, 4) is 0 Å². The normalized spacial score (nSPS) is 22.4. The summed E-state index contributed by atoms with van der Waals surface area (Å²) >= 11 is 0. The summed E-state index contributed by atoms with van der Waals surface area (Å²) in [6, 6.07) is 37.0. The minimum absolute atomic E-state index is 0.00356. The lowest BCUT2D eigenvalue weighted by Crippen LogP contribution is -2.23. The Kier molecular flexibility index (Phi) is 9.78. The molecular formula is C41H46N4O2. The van der Waals surface area contributed by atoms with Crippen molar-refractivity contribution in [3.05, 3.63) is 137 Å². The van der Waals surface area contributed by atoms with Gasteiger partial charge in [0.1, 0.15) is 0 Å². The molecule has 4 aliphatic rings. The van der Waals surface area contributed by atoms with Crippen LogP contribution in [0.2, 0.25) is 0 Å². The Labute approximate surface area is 278 Å². The van der Waals surface area contributed by atoms with E-state index >= 15 is 0 Å². The molecule has 0 heterocycles. The minimum Gasteiger partial charge on any atom is -0.348 e. The highest BCUT2D eigenvalue weighted by atomic mass is 16.2. The van der Waals surface area contributed by atoms with Crippen LogP contribution in [0.25, 0.3) is 0 Å². The molecule has 0 bridgehead atoms. The topological polar surface area (TPSA) is 82.3 Å². The molecule has 6 heteroatoms. The van der Waals surface area contributed by atoms with E-state index in [9.17, 15) is 9.59 Å². The minimum atomic E-state index is -0.0406. The highest BCUT2D eigenvalue weighted by Gasteiger charge is 2.40. The van der Waals surface area contributed by atoms with Gasteiger partial charge in [-0.3, -0.25) is 9.59 Å². The number of carbonyl (C=O) groups excluding carboxylic acids is 2. The Morgan fingerprint density at radius 3 is 1.62 bits per heavy atom. The molecule has 4 N–H and O–H groups in total. The van der Waals surface area contributed by atoms with E-state index < -0.39 is 0 Å². The lowest BCUT2D eigenvalue weighted by atomic mass is 10.1. The molecule has 0 aliphatic heterocycles. The van der Waals surface area contributed by atoms with Crippen LogP contribution in [0.1, 0.15) is 87.8 Å². The second kappa shape index (κ2) is 14.7. The molecule has 8 rings (SSSR count). The summed E-state index contributed by atoms with van der Waals surface area (Å²) in [7, 11) is 0. The molecule has 4 fully saturated rings. The molecule has 2 amide bonds. The van der Waals surface area contributed by atoms with E-state index in [0.29, 0.717) is 30.5 Å². The number of amides is 2. The zero-order chi connectivity index (χ0) is 32.0. The Morgan fingerprint density at radius 1 is 0.574 bits per heavy atom. The van der Waals surface area contributed by atoms with Crippen molar-refractivity contribution >= 4 is 17.5 Å². The molecule has 242 valence electrons. The van der Waals surface area contributed by atoms with Crippen molar-refractivity contribution < 1.29 is 9.59 Å². The monoisotopic (exact) mass is 626 g/mol. The predicted octanol–water partition coefficient (Wildman–Crippen LogP) is 7.27. The number of anilines is 1. The first kappa shape index (κ1) is 31.3. The number of nitrogens with one attached hydrogen (secondary N) is 4. The molecule has 0 aromatic heterocycles. The van der Waals surface area contributed by atoms with Crippen LogP contribution < -0.4 is 21.3 Å². The third kappa shape index (κ3) is 9.18. The fourth-order valence-corrected chi connectivity index (χ4v) is 6.28. The summed E-state index contributed by atoms with van der Waals surface area (Å²) in [6.07, 6.45) is 7.94.